The van der Waals surface area contributed by atoms with E-state index >= 15 is 0 Å². The first-order valence-electron chi connectivity index (χ1n) is 10.7. The third-order valence-electron chi connectivity index (χ3n) is 3.58. The smallest absolute Gasteiger partial charge is 0.407 e. The van der Waals surface area contributed by atoms with Gasteiger partial charge in [-0.3, -0.25) is 4.79 Å². The van der Waals surface area contributed by atoms with Crippen molar-refractivity contribution in [2.75, 3.05) is 32.9 Å². The summed E-state index contributed by atoms with van der Waals surface area (Å²) in [5.74, 6) is -0.100. The Labute approximate surface area is 190 Å². The standard InChI is InChI=1S/C19H30N2O5.C4H8O2/c1-19(2,3)26-18(23)21-12-13-24-17(22)14-25-16-9-7-15(8-10-16)6-4-5-11-20;1-3-6-4(2)5/h7-10H,4-6,11-14,20H2,1-3H3,(H,21,23);3H2,1-2H3. The van der Waals surface area contributed by atoms with Crippen LogP contribution < -0.4 is 15.8 Å². The third kappa shape index (κ3) is 18.0. The Morgan fingerprint density at radius 2 is 1.69 bits per heavy atom. The molecule has 9 nitrogen and oxygen atoms in total. The van der Waals surface area contributed by atoms with Crippen LogP contribution in [0.1, 0.15) is 53.0 Å². The van der Waals surface area contributed by atoms with Crippen molar-refractivity contribution in [3.63, 3.8) is 0 Å². The zero-order valence-electron chi connectivity index (χ0n) is 19.9. The number of carbonyl (C=O) groups is 3. The van der Waals surface area contributed by atoms with Crippen molar-refractivity contribution in [3.8, 4) is 5.75 Å². The first kappa shape index (κ1) is 29.2. The van der Waals surface area contributed by atoms with Gasteiger partial charge in [0, 0.05) is 6.92 Å². The monoisotopic (exact) mass is 454 g/mol. The van der Waals surface area contributed by atoms with E-state index in [0.717, 1.165) is 19.3 Å². The van der Waals surface area contributed by atoms with E-state index in [9.17, 15) is 14.4 Å². The Bertz CT molecular complexity index is 670. The molecular formula is C23H38N2O7. The van der Waals surface area contributed by atoms with Crippen LogP contribution >= 0.6 is 0 Å². The van der Waals surface area contributed by atoms with Crippen molar-refractivity contribution in [2.45, 2.75) is 59.5 Å². The number of ether oxygens (including phenoxy) is 4. The number of rotatable bonds is 11. The van der Waals surface area contributed by atoms with Gasteiger partial charge < -0.3 is 30.0 Å². The number of nitrogens with two attached hydrogens (primary N) is 1. The van der Waals surface area contributed by atoms with Crippen LogP contribution in [0.5, 0.6) is 5.75 Å². The number of hydrogen-bond donors (Lipinski definition) is 2. The van der Waals surface area contributed by atoms with Crippen molar-refractivity contribution in [3.05, 3.63) is 29.8 Å². The minimum atomic E-state index is -0.561. The minimum absolute atomic E-state index is 0.0571. The van der Waals surface area contributed by atoms with Crippen molar-refractivity contribution < 1.29 is 33.3 Å². The molecule has 1 aromatic carbocycles. The lowest BCUT2D eigenvalue weighted by Gasteiger charge is -2.19. The van der Waals surface area contributed by atoms with Gasteiger partial charge in [-0.15, -0.1) is 0 Å². The zero-order chi connectivity index (χ0) is 24.4. The van der Waals surface area contributed by atoms with Gasteiger partial charge in [0.25, 0.3) is 0 Å². The van der Waals surface area contributed by atoms with E-state index in [1.54, 1.807) is 27.7 Å². The number of alkyl carbamates (subject to hydrolysis) is 1. The summed E-state index contributed by atoms with van der Waals surface area (Å²) in [5.41, 5.74) is 6.13. The summed E-state index contributed by atoms with van der Waals surface area (Å²) in [6, 6.07) is 7.61. The van der Waals surface area contributed by atoms with Crippen LogP contribution in [0.4, 0.5) is 4.79 Å². The van der Waals surface area contributed by atoms with Gasteiger partial charge in [-0.2, -0.15) is 0 Å². The lowest BCUT2D eigenvalue weighted by molar-refractivity contribution is -0.146. The second-order valence-corrected chi connectivity index (χ2v) is 7.75. The maximum absolute atomic E-state index is 11.6. The molecule has 9 heteroatoms. The van der Waals surface area contributed by atoms with Crippen LogP contribution in [0.2, 0.25) is 0 Å². The Balaban J connectivity index is 0.00000140. The molecule has 182 valence electrons. The van der Waals surface area contributed by atoms with Crippen molar-refractivity contribution in [2.24, 2.45) is 5.73 Å². The zero-order valence-corrected chi connectivity index (χ0v) is 19.9. The molecule has 1 aromatic rings. The van der Waals surface area contributed by atoms with Gasteiger partial charge in [0.05, 0.1) is 13.2 Å². The van der Waals surface area contributed by atoms with E-state index in [0.29, 0.717) is 18.9 Å². The highest BCUT2D eigenvalue weighted by molar-refractivity contribution is 5.71. The van der Waals surface area contributed by atoms with Gasteiger partial charge in [0.15, 0.2) is 6.61 Å². The molecule has 0 aliphatic carbocycles. The predicted molar refractivity (Wildman–Crippen MR) is 121 cm³/mol. The summed E-state index contributed by atoms with van der Waals surface area (Å²) in [5, 5.41) is 2.51. The first-order valence-corrected chi connectivity index (χ1v) is 10.7. The molecule has 0 heterocycles. The van der Waals surface area contributed by atoms with Crippen LogP contribution in [0, 0.1) is 0 Å². The normalized spacial score (nSPS) is 10.3. The van der Waals surface area contributed by atoms with Crippen molar-refractivity contribution in [1.82, 2.24) is 5.32 Å². The highest BCUT2D eigenvalue weighted by Gasteiger charge is 2.15. The number of carbonyl (C=O) groups excluding carboxylic acids is 3. The quantitative estimate of drug-likeness (QED) is 0.297. The molecule has 0 saturated carbocycles. The number of hydrogen-bond acceptors (Lipinski definition) is 8. The van der Waals surface area contributed by atoms with Gasteiger partial charge in [0.2, 0.25) is 0 Å². The van der Waals surface area contributed by atoms with Crippen LogP contribution in [0.3, 0.4) is 0 Å². The lowest BCUT2D eigenvalue weighted by atomic mass is 10.1. The average molecular weight is 455 g/mol. The summed E-state index contributed by atoms with van der Waals surface area (Å²) in [6.45, 7) is 9.74. The summed E-state index contributed by atoms with van der Waals surface area (Å²) >= 11 is 0. The number of benzene rings is 1. The van der Waals surface area contributed by atoms with Gasteiger partial charge in [0.1, 0.15) is 18.0 Å². The maximum Gasteiger partial charge on any atom is 0.407 e. The molecule has 0 unspecified atom stereocenters. The van der Waals surface area contributed by atoms with Crippen LogP contribution in [-0.4, -0.2) is 56.5 Å². The van der Waals surface area contributed by atoms with Crippen LogP contribution in [-0.2, 0) is 30.2 Å². The third-order valence-corrected chi connectivity index (χ3v) is 3.58. The summed E-state index contributed by atoms with van der Waals surface area (Å²) < 4.78 is 19.8. The second-order valence-electron chi connectivity index (χ2n) is 7.75. The second kappa shape index (κ2) is 16.8. The molecule has 1 amide bonds. The highest BCUT2D eigenvalue weighted by atomic mass is 16.6. The predicted octanol–water partition coefficient (Wildman–Crippen LogP) is 2.98. The molecule has 0 saturated heterocycles. The van der Waals surface area contributed by atoms with E-state index in [1.807, 2.05) is 24.3 Å². The topological polar surface area (TPSA) is 126 Å². The Hall–Kier alpha value is -2.81. The fourth-order valence-electron chi connectivity index (χ4n) is 2.25. The van der Waals surface area contributed by atoms with Gasteiger partial charge >= 0.3 is 18.0 Å². The molecule has 0 atom stereocenters. The molecule has 0 fully saturated rings. The molecule has 0 radical (unpaired) electrons. The van der Waals surface area contributed by atoms with E-state index in [-0.39, 0.29) is 25.7 Å². The molecule has 0 aliphatic rings. The maximum atomic E-state index is 11.6. The van der Waals surface area contributed by atoms with Crippen LogP contribution in [0.15, 0.2) is 24.3 Å². The Kier molecular flexibility index (Phi) is 15.4. The van der Waals surface area contributed by atoms with E-state index < -0.39 is 17.7 Å². The van der Waals surface area contributed by atoms with Gasteiger partial charge in [-0.1, -0.05) is 12.1 Å². The minimum Gasteiger partial charge on any atom is -0.482 e. The van der Waals surface area contributed by atoms with Crippen molar-refractivity contribution in [1.29, 1.82) is 0 Å². The molecule has 0 aliphatic heterocycles. The van der Waals surface area contributed by atoms with Crippen LogP contribution in [0.25, 0.3) is 0 Å². The number of esters is 2. The highest BCUT2D eigenvalue weighted by Crippen LogP contribution is 2.14. The van der Waals surface area contributed by atoms with E-state index in [4.69, 9.17) is 19.9 Å². The van der Waals surface area contributed by atoms with E-state index in [1.165, 1.54) is 12.5 Å². The molecule has 32 heavy (non-hydrogen) atoms. The largest absolute Gasteiger partial charge is 0.482 e. The first-order chi connectivity index (χ1) is 15.1. The van der Waals surface area contributed by atoms with Gasteiger partial charge in [-0.25, -0.2) is 9.59 Å². The fraction of sp³-hybridized carbons (Fsp3) is 0.609. The molecule has 0 spiro atoms. The Morgan fingerprint density at radius 1 is 1.03 bits per heavy atom. The van der Waals surface area contributed by atoms with E-state index in [2.05, 4.69) is 10.1 Å². The average Bonchev–Trinajstić information content (AvgIpc) is 2.70. The number of aryl methyl sites for hydroxylation is 1. The number of nitrogens with one attached hydrogen (secondary N) is 1. The molecule has 0 aromatic heterocycles. The summed E-state index contributed by atoms with van der Waals surface area (Å²) in [6.07, 6.45) is 2.49. The lowest BCUT2D eigenvalue weighted by Crippen LogP contribution is -2.34. The summed E-state index contributed by atoms with van der Waals surface area (Å²) in [4.78, 5) is 32.9. The SMILES string of the molecule is CC(C)(C)OC(=O)NCCOC(=O)COc1ccc(CCCCN)cc1.CCOC(C)=O. The number of unbranched alkanes of at least 4 members (excludes halogenated alkanes) is 1. The molecule has 0 bridgehead atoms. The fourth-order valence-corrected chi connectivity index (χ4v) is 2.25. The molecular weight excluding hydrogens is 416 g/mol. The molecule has 3 N–H and O–H groups in total. The summed E-state index contributed by atoms with van der Waals surface area (Å²) in [7, 11) is 0. The van der Waals surface area contributed by atoms with Gasteiger partial charge in [-0.05, 0) is 71.2 Å². The Morgan fingerprint density at radius 3 is 2.19 bits per heavy atom. The number of amides is 1. The molecule has 1 rings (SSSR count). The van der Waals surface area contributed by atoms with Crippen molar-refractivity contribution >= 4 is 18.0 Å².